The number of carbonyl (C=O) groups is 3. The lowest BCUT2D eigenvalue weighted by Gasteiger charge is -2.30. The number of H-pyrrole nitrogens is 1. The number of aromatic nitrogens is 1. The molecule has 1 saturated heterocycles. The number of halogens is 1. The number of thioether (sulfide) groups is 1. The first-order valence-electron chi connectivity index (χ1n) is 13.4. The summed E-state index contributed by atoms with van der Waals surface area (Å²) in [6, 6.07) is 27.2. The van der Waals surface area contributed by atoms with Crippen molar-refractivity contribution in [1.29, 1.82) is 0 Å². The Kier molecular flexibility index (Phi) is 7.04. The van der Waals surface area contributed by atoms with Crippen molar-refractivity contribution in [3.63, 3.8) is 0 Å². The molecule has 0 aliphatic carbocycles. The van der Waals surface area contributed by atoms with E-state index >= 15 is 0 Å². The van der Waals surface area contributed by atoms with Gasteiger partial charge in [0.15, 0.2) is 6.61 Å². The third-order valence-corrected chi connectivity index (χ3v) is 10.2. The zero-order valence-corrected chi connectivity index (χ0v) is 24.7. The van der Waals surface area contributed by atoms with Crippen LogP contribution in [0, 0.1) is 5.92 Å². The summed E-state index contributed by atoms with van der Waals surface area (Å²) >= 11 is 8.28. The standard InChI is InChI=1S/C32H22ClN3O5S2/c33-20-9-12-22(13-10-20)36-30(38)26-25(27-29(35-32(40)43-27)42-28(26)31(36)39)19-6-3-7-23(15-19)41-16-24(37)34-21-11-8-17-4-1-2-5-18(17)14-21/h1-15,25-26,28H,16H2,(H,34,37)(H,35,40). The lowest BCUT2D eigenvalue weighted by molar-refractivity contribution is -0.122. The number of carbonyl (C=O) groups excluding carboxylic acids is 3. The van der Waals surface area contributed by atoms with Gasteiger partial charge in [0.25, 0.3) is 5.91 Å². The second-order valence-electron chi connectivity index (χ2n) is 10.2. The number of hydrogen-bond acceptors (Lipinski definition) is 7. The van der Waals surface area contributed by atoms with Crippen LogP contribution in [-0.4, -0.2) is 34.6 Å². The Morgan fingerprint density at radius 3 is 2.51 bits per heavy atom. The van der Waals surface area contributed by atoms with Crippen LogP contribution in [0.4, 0.5) is 11.4 Å². The molecule has 7 rings (SSSR count). The van der Waals surface area contributed by atoms with Crippen molar-refractivity contribution in [3.8, 4) is 5.75 Å². The Labute approximate surface area is 258 Å². The molecule has 8 nitrogen and oxygen atoms in total. The molecule has 0 bridgehead atoms. The number of nitrogens with one attached hydrogen (secondary N) is 2. The summed E-state index contributed by atoms with van der Waals surface area (Å²) in [5, 5.41) is 5.31. The van der Waals surface area contributed by atoms with E-state index in [2.05, 4.69) is 10.3 Å². The number of fused-ring (bicyclic) bond motifs is 3. The molecule has 2 aliphatic heterocycles. The molecule has 2 N–H and O–H groups in total. The molecule has 3 heterocycles. The molecule has 3 unspecified atom stereocenters. The predicted molar refractivity (Wildman–Crippen MR) is 168 cm³/mol. The van der Waals surface area contributed by atoms with Crippen molar-refractivity contribution in [2.75, 3.05) is 16.8 Å². The van der Waals surface area contributed by atoms with Gasteiger partial charge in [-0.05, 0) is 64.9 Å². The highest BCUT2D eigenvalue weighted by molar-refractivity contribution is 8.00. The quantitative estimate of drug-likeness (QED) is 0.222. The van der Waals surface area contributed by atoms with Crippen molar-refractivity contribution < 1.29 is 19.1 Å². The molecule has 214 valence electrons. The van der Waals surface area contributed by atoms with E-state index in [9.17, 15) is 19.2 Å². The van der Waals surface area contributed by atoms with Crippen molar-refractivity contribution >= 4 is 74.6 Å². The van der Waals surface area contributed by atoms with Gasteiger partial charge in [-0.3, -0.25) is 19.2 Å². The summed E-state index contributed by atoms with van der Waals surface area (Å²) in [6.07, 6.45) is 0. The largest absolute Gasteiger partial charge is 0.484 e. The lowest BCUT2D eigenvalue weighted by atomic mass is 9.83. The number of thiazole rings is 1. The monoisotopic (exact) mass is 627 g/mol. The normalized spacial score (nSPS) is 19.3. The third-order valence-electron chi connectivity index (χ3n) is 7.53. The summed E-state index contributed by atoms with van der Waals surface area (Å²) in [5.41, 5.74) is 1.81. The summed E-state index contributed by atoms with van der Waals surface area (Å²) in [4.78, 5) is 57.1. The highest BCUT2D eigenvalue weighted by Gasteiger charge is 2.56. The fourth-order valence-corrected chi connectivity index (χ4v) is 8.27. The maximum Gasteiger partial charge on any atom is 0.305 e. The number of ether oxygens (including phenoxy) is 1. The number of rotatable bonds is 6. The van der Waals surface area contributed by atoms with E-state index < -0.39 is 17.1 Å². The van der Waals surface area contributed by atoms with Gasteiger partial charge in [-0.1, -0.05) is 77.2 Å². The molecule has 11 heteroatoms. The first-order chi connectivity index (χ1) is 20.9. The maximum atomic E-state index is 13.9. The van der Waals surface area contributed by atoms with E-state index in [0.717, 1.165) is 22.1 Å². The number of amides is 3. The minimum Gasteiger partial charge on any atom is -0.484 e. The number of anilines is 2. The van der Waals surface area contributed by atoms with Crippen molar-refractivity contribution in [2.45, 2.75) is 16.2 Å². The number of benzene rings is 4. The highest BCUT2D eigenvalue weighted by Crippen LogP contribution is 2.53. The van der Waals surface area contributed by atoms with E-state index in [4.69, 9.17) is 16.3 Å². The van der Waals surface area contributed by atoms with Crippen molar-refractivity contribution in [1.82, 2.24) is 4.98 Å². The Hall–Kier alpha value is -4.38. The molecule has 5 aromatic rings. The number of aromatic amines is 1. The SMILES string of the molecule is O=C(COc1cccc(C2c3sc(=O)[nH]c3SC3C(=O)N(c4ccc(Cl)cc4)C(=O)C32)c1)Nc1ccc2ccccc2c1. The first-order valence-corrected chi connectivity index (χ1v) is 15.5. The van der Waals surface area contributed by atoms with Gasteiger partial charge >= 0.3 is 4.87 Å². The zero-order chi connectivity index (χ0) is 29.7. The molecule has 0 spiro atoms. The first kappa shape index (κ1) is 27.5. The fraction of sp³-hybridized carbons (Fsp3) is 0.125. The van der Waals surface area contributed by atoms with Crippen LogP contribution >= 0.6 is 34.7 Å². The molecule has 4 aromatic carbocycles. The smallest absolute Gasteiger partial charge is 0.305 e. The van der Waals surface area contributed by atoms with E-state index in [1.807, 2.05) is 48.5 Å². The molecule has 0 radical (unpaired) electrons. The van der Waals surface area contributed by atoms with Gasteiger partial charge in [-0.2, -0.15) is 0 Å². The summed E-state index contributed by atoms with van der Waals surface area (Å²) in [7, 11) is 0. The second-order valence-corrected chi connectivity index (χ2v) is 12.8. The van der Waals surface area contributed by atoms with Crippen LogP contribution in [0.5, 0.6) is 5.75 Å². The number of imide groups is 1. The van der Waals surface area contributed by atoms with Crippen LogP contribution in [-0.2, 0) is 14.4 Å². The molecule has 1 fully saturated rings. The molecule has 0 saturated carbocycles. The molecule has 3 atom stereocenters. The summed E-state index contributed by atoms with van der Waals surface area (Å²) in [5.74, 6) is -1.88. The van der Waals surface area contributed by atoms with Gasteiger partial charge in [0, 0.05) is 21.5 Å². The van der Waals surface area contributed by atoms with Gasteiger partial charge < -0.3 is 15.0 Å². The van der Waals surface area contributed by atoms with Crippen LogP contribution < -0.4 is 19.8 Å². The predicted octanol–water partition coefficient (Wildman–Crippen LogP) is 6.06. The molecular formula is C32H22ClN3O5S2. The van der Waals surface area contributed by atoms with Crippen LogP contribution in [0.3, 0.4) is 0 Å². The van der Waals surface area contributed by atoms with Gasteiger partial charge in [0.1, 0.15) is 11.0 Å². The van der Waals surface area contributed by atoms with Crippen LogP contribution in [0.1, 0.15) is 16.4 Å². The Morgan fingerprint density at radius 1 is 0.907 bits per heavy atom. The summed E-state index contributed by atoms with van der Waals surface area (Å²) < 4.78 is 5.85. The molecule has 2 aliphatic rings. The molecular weight excluding hydrogens is 606 g/mol. The molecule has 43 heavy (non-hydrogen) atoms. The molecule has 3 amide bonds. The second kappa shape index (κ2) is 11.0. The van der Waals surface area contributed by atoms with Crippen LogP contribution in [0.15, 0.2) is 101 Å². The van der Waals surface area contributed by atoms with Crippen molar-refractivity contribution in [2.24, 2.45) is 5.92 Å². The minimum atomic E-state index is -0.737. The van der Waals surface area contributed by atoms with Crippen LogP contribution in [0.25, 0.3) is 10.8 Å². The average molecular weight is 628 g/mol. The third kappa shape index (κ3) is 5.11. The number of nitrogens with zero attached hydrogens (tertiary/aromatic N) is 1. The van der Waals surface area contributed by atoms with Gasteiger partial charge in [0.05, 0.1) is 16.6 Å². The van der Waals surface area contributed by atoms with Gasteiger partial charge in [-0.15, -0.1) is 0 Å². The Bertz CT molecular complexity index is 1970. The molecule has 1 aromatic heterocycles. The average Bonchev–Trinajstić information content (AvgIpc) is 3.50. The van der Waals surface area contributed by atoms with E-state index in [-0.39, 0.29) is 29.2 Å². The lowest BCUT2D eigenvalue weighted by Crippen LogP contribution is -2.32. The van der Waals surface area contributed by atoms with E-state index in [1.165, 1.54) is 16.7 Å². The highest BCUT2D eigenvalue weighted by atomic mass is 35.5. The maximum absolute atomic E-state index is 13.9. The van der Waals surface area contributed by atoms with E-state index in [1.54, 1.807) is 42.5 Å². The minimum absolute atomic E-state index is 0.229. The Balaban J connectivity index is 1.14. The van der Waals surface area contributed by atoms with Crippen LogP contribution in [0.2, 0.25) is 5.02 Å². The fourth-order valence-electron chi connectivity index (χ4n) is 5.63. The van der Waals surface area contributed by atoms with E-state index in [0.29, 0.717) is 37.6 Å². The van der Waals surface area contributed by atoms with Crippen molar-refractivity contribution in [3.05, 3.63) is 116 Å². The van der Waals surface area contributed by atoms with Gasteiger partial charge in [0.2, 0.25) is 11.8 Å². The zero-order valence-electron chi connectivity index (χ0n) is 22.3. The topological polar surface area (TPSA) is 109 Å². The van der Waals surface area contributed by atoms with Gasteiger partial charge in [-0.25, -0.2) is 4.90 Å². The summed E-state index contributed by atoms with van der Waals surface area (Å²) in [6.45, 7) is -0.229. The number of hydrogen-bond donors (Lipinski definition) is 2. The Morgan fingerprint density at radius 2 is 1.70 bits per heavy atom.